The first-order valence-electron chi connectivity index (χ1n) is 6.65. The van der Waals surface area contributed by atoms with Crippen molar-refractivity contribution in [1.29, 1.82) is 0 Å². The lowest BCUT2D eigenvalue weighted by Gasteiger charge is -2.27. The van der Waals surface area contributed by atoms with E-state index in [-0.39, 0.29) is 49.7 Å². The normalized spacial score (nSPS) is 20.6. The predicted molar refractivity (Wildman–Crippen MR) is 73.8 cm³/mol. The zero-order valence-corrected chi connectivity index (χ0v) is 12.4. The minimum Gasteiger partial charge on any atom is -0.395 e. The van der Waals surface area contributed by atoms with Crippen LogP contribution in [0.2, 0.25) is 0 Å². The molecule has 0 radical (unpaired) electrons. The number of carbonyl (C=O) groups is 1. The molecular weight excluding hydrogens is 298 g/mol. The van der Waals surface area contributed by atoms with E-state index in [4.69, 9.17) is 10.8 Å². The standard InChI is InChI=1S/C11H19N5O4S/c12-5-9-6-15(14-13-9)7-11(18)16(2-3-17)10-1-4-21(19,20)8-10/h6,10,17H,1-5,7-8,12H2. The molecule has 3 N–H and O–H groups in total. The van der Waals surface area contributed by atoms with E-state index in [0.29, 0.717) is 12.1 Å². The highest BCUT2D eigenvalue weighted by Crippen LogP contribution is 2.18. The van der Waals surface area contributed by atoms with E-state index in [9.17, 15) is 13.2 Å². The van der Waals surface area contributed by atoms with Crippen molar-refractivity contribution < 1.29 is 18.3 Å². The molecule has 1 saturated heterocycles. The van der Waals surface area contributed by atoms with Crippen molar-refractivity contribution in [2.45, 2.75) is 25.6 Å². The molecule has 1 fully saturated rings. The fraction of sp³-hybridized carbons (Fsp3) is 0.727. The summed E-state index contributed by atoms with van der Waals surface area (Å²) in [5.41, 5.74) is 5.99. The Labute approximate surface area is 122 Å². The number of carbonyl (C=O) groups excluding carboxylic acids is 1. The Balaban J connectivity index is 2.05. The molecule has 1 unspecified atom stereocenters. The van der Waals surface area contributed by atoms with Gasteiger partial charge in [-0.2, -0.15) is 0 Å². The Hall–Kier alpha value is -1.52. The van der Waals surface area contributed by atoms with Crippen LogP contribution in [0.15, 0.2) is 6.20 Å². The number of hydrogen-bond donors (Lipinski definition) is 2. The van der Waals surface area contributed by atoms with Crippen molar-refractivity contribution in [3.05, 3.63) is 11.9 Å². The molecule has 9 nitrogen and oxygen atoms in total. The van der Waals surface area contributed by atoms with Crippen LogP contribution >= 0.6 is 0 Å². The molecule has 118 valence electrons. The first-order valence-corrected chi connectivity index (χ1v) is 8.47. The fourth-order valence-corrected chi connectivity index (χ4v) is 4.11. The minimum atomic E-state index is -3.09. The molecule has 0 aromatic carbocycles. The number of hydrogen-bond acceptors (Lipinski definition) is 7. The lowest BCUT2D eigenvalue weighted by molar-refractivity contribution is -0.134. The number of aliphatic hydroxyl groups excluding tert-OH is 1. The SMILES string of the molecule is NCc1cn(CC(=O)N(CCO)C2CCS(=O)(=O)C2)nn1. The molecule has 1 atom stereocenters. The first-order chi connectivity index (χ1) is 9.95. The molecule has 1 aliphatic heterocycles. The summed E-state index contributed by atoms with van der Waals surface area (Å²) in [6.07, 6.45) is 1.97. The van der Waals surface area contributed by atoms with Crippen molar-refractivity contribution in [3.63, 3.8) is 0 Å². The number of nitrogens with zero attached hydrogens (tertiary/aromatic N) is 4. The summed E-state index contributed by atoms with van der Waals surface area (Å²) in [6.45, 7) is 0.0735. The Bertz CT molecular complexity index is 600. The van der Waals surface area contributed by atoms with Crippen molar-refractivity contribution in [2.75, 3.05) is 24.7 Å². The highest BCUT2D eigenvalue weighted by Gasteiger charge is 2.34. The first kappa shape index (κ1) is 15.9. The second kappa shape index (κ2) is 6.50. The molecule has 2 heterocycles. The Morgan fingerprint density at radius 3 is 2.86 bits per heavy atom. The van der Waals surface area contributed by atoms with Crippen molar-refractivity contribution >= 4 is 15.7 Å². The molecule has 1 aliphatic rings. The molecule has 21 heavy (non-hydrogen) atoms. The number of aliphatic hydroxyl groups is 1. The summed E-state index contributed by atoms with van der Waals surface area (Å²) in [5.74, 6) is -0.267. The van der Waals surface area contributed by atoms with Crippen molar-refractivity contribution in [2.24, 2.45) is 5.73 Å². The van der Waals surface area contributed by atoms with E-state index in [1.807, 2.05) is 0 Å². The highest BCUT2D eigenvalue weighted by molar-refractivity contribution is 7.91. The van der Waals surface area contributed by atoms with Crippen LogP contribution in [-0.2, 0) is 27.7 Å². The van der Waals surface area contributed by atoms with Gasteiger partial charge in [0.05, 0.1) is 30.0 Å². The van der Waals surface area contributed by atoms with E-state index < -0.39 is 9.84 Å². The van der Waals surface area contributed by atoms with E-state index in [1.165, 1.54) is 9.58 Å². The van der Waals surface area contributed by atoms with Crippen molar-refractivity contribution in [1.82, 2.24) is 19.9 Å². The van der Waals surface area contributed by atoms with Gasteiger partial charge in [0.15, 0.2) is 9.84 Å². The van der Waals surface area contributed by atoms with Gasteiger partial charge in [-0.15, -0.1) is 5.10 Å². The van der Waals surface area contributed by atoms with E-state index in [0.717, 1.165) is 0 Å². The molecule has 1 aromatic rings. The third-order valence-electron chi connectivity index (χ3n) is 3.40. The zero-order valence-electron chi connectivity index (χ0n) is 11.6. The second-order valence-electron chi connectivity index (χ2n) is 4.98. The summed E-state index contributed by atoms with van der Waals surface area (Å²) in [6, 6.07) is -0.382. The van der Waals surface area contributed by atoms with Gasteiger partial charge in [0.2, 0.25) is 5.91 Å². The summed E-state index contributed by atoms with van der Waals surface area (Å²) >= 11 is 0. The molecule has 1 amide bonds. The summed E-state index contributed by atoms with van der Waals surface area (Å²) in [4.78, 5) is 13.7. The average Bonchev–Trinajstić information content (AvgIpc) is 3.02. The average molecular weight is 317 g/mol. The number of aromatic nitrogens is 3. The number of nitrogens with two attached hydrogens (primary N) is 1. The largest absolute Gasteiger partial charge is 0.395 e. The Kier molecular flexibility index (Phi) is 4.91. The van der Waals surface area contributed by atoms with Gasteiger partial charge >= 0.3 is 0 Å². The maximum atomic E-state index is 12.3. The van der Waals surface area contributed by atoms with Gasteiger partial charge in [-0.25, -0.2) is 13.1 Å². The van der Waals surface area contributed by atoms with Crippen LogP contribution in [0, 0.1) is 0 Å². The predicted octanol–water partition coefficient (Wildman–Crippen LogP) is -2.26. The maximum absolute atomic E-state index is 12.3. The van der Waals surface area contributed by atoms with Gasteiger partial charge in [-0.05, 0) is 6.42 Å². The summed E-state index contributed by atoms with van der Waals surface area (Å²) < 4.78 is 24.4. The van der Waals surface area contributed by atoms with Crippen LogP contribution in [0.5, 0.6) is 0 Å². The molecular formula is C11H19N5O4S. The monoisotopic (exact) mass is 317 g/mol. The topological polar surface area (TPSA) is 131 Å². The maximum Gasteiger partial charge on any atom is 0.244 e. The van der Waals surface area contributed by atoms with Gasteiger partial charge < -0.3 is 15.7 Å². The second-order valence-corrected chi connectivity index (χ2v) is 7.21. The molecule has 2 rings (SSSR count). The lowest BCUT2D eigenvalue weighted by Crippen LogP contribution is -2.44. The molecule has 0 bridgehead atoms. The van der Waals surface area contributed by atoms with Crippen LogP contribution in [-0.4, -0.2) is 70.0 Å². The van der Waals surface area contributed by atoms with Crippen LogP contribution in [0.3, 0.4) is 0 Å². The number of rotatable bonds is 6. The molecule has 10 heteroatoms. The van der Waals surface area contributed by atoms with Crippen LogP contribution in [0.4, 0.5) is 0 Å². The van der Waals surface area contributed by atoms with Crippen LogP contribution in [0.25, 0.3) is 0 Å². The quantitative estimate of drug-likeness (QED) is 0.605. The minimum absolute atomic E-state index is 0.0514. The molecule has 1 aromatic heterocycles. The number of sulfone groups is 1. The van der Waals surface area contributed by atoms with Crippen LogP contribution < -0.4 is 5.73 Å². The van der Waals surface area contributed by atoms with E-state index in [2.05, 4.69) is 10.3 Å². The molecule has 0 spiro atoms. The van der Waals surface area contributed by atoms with Gasteiger partial charge in [0.1, 0.15) is 6.54 Å². The summed E-state index contributed by atoms with van der Waals surface area (Å²) in [7, 11) is -3.09. The molecule has 0 saturated carbocycles. The van der Waals surface area contributed by atoms with Gasteiger partial charge in [-0.1, -0.05) is 5.21 Å². The number of amides is 1. The lowest BCUT2D eigenvalue weighted by atomic mass is 10.2. The third-order valence-corrected chi connectivity index (χ3v) is 5.15. The molecule has 0 aliphatic carbocycles. The summed E-state index contributed by atoms with van der Waals surface area (Å²) in [5, 5.41) is 16.7. The third kappa shape index (κ3) is 3.99. The Morgan fingerprint density at radius 1 is 1.57 bits per heavy atom. The van der Waals surface area contributed by atoms with Gasteiger partial charge in [0.25, 0.3) is 0 Å². The Morgan fingerprint density at radius 2 is 2.33 bits per heavy atom. The fourth-order valence-electron chi connectivity index (χ4n) is 2.38. The zero-order chi connectivity index (χ0) is 15.5. The van der Waals surface area contributed by atoms with E-state index >= 15 is 0 Å². The van der Waals surface area contributed by atoms with Gasteiger partial charge in [0, 0.05) is 19.1 Å². The van der Waals surface area contributed by atoms with Crippen LogP contribution in [0.1, 0.15) is 12.1 Å². The smallest absolute Gasteiger partial charge is 0.244 e. The van der Waals surface area contributed by atoms with Crippen molar-refractivity contribution in [3.8, 4) is 0 Å². The highest BCUT2D eigenvalue weighted by atomic mass is 32.2. The van der Waals surface area contributed by atoms with Gasteiger partial charge in [-0.3, -0.25) is 4.79 Å². The van der Waals surface area contributed by atoms with E-state index in [1.54, 1.807) is 6.20 Å².